The lowest BCUT2D eigenvalue weighted by atomic mass is 9.68. The van der Waals surface area contributed by atoms with Crippen molar-refractivity contribution >= 4 is 8.56 Å². The van der Waals surface area contributed by atoms with Crippen molar-refractivity contribution in [3.8, 4) is 0 Å². The van der Waals surface area contributed by atoms with Crippen LogP contribution in [0, 0.1) is 5.41 Å². The van der Waals surface area contributed by atoms with Gasteiger partial charge in [-0.2, -0.15) is 0 Å². The largest absolute Gasteiger partial charge is 0.394 e. The normalized spacial score (nSPS) is 28.5. The second-order valence-corrected chi connectivity index (χ2v) is 10.7. The van der Waals surface area contributed by atoms with E-state index >= 15 is 0 Å². The fraction of sp³-hybridized carbons (Fsp3) is 1.00. The summed E-state index contributed by atoms with van der Waals surface area (Å²) >= 11 is 0. The van der Waals surface area contributed by atoms with E-state index < -0.39 is 8.56 Å². The first kappa shape index (κ1) is 14.2. The predicted octanol–water partition coefficient (Wildman–Crippen LogP) is 4.10. The van der Waals surface area contributed by atoms with Crippen LogP contribution in [0.4, 0.5) is 0 Å². The van der Waals surface area contributed by atoms with E-state index in [1.807, 2.05) is 0 Å². The third-order valence-electron chi connectivity index (χ3n) is 5.47. The minimum Gasteiger partial charge on any atom is -0.394 e. The van der Waals surface area contributed by atoms with Crippen molar-refractivity contribution in [2.75, 3.05) is 13.2 Å². The fourth-order valence-electron chi connectivity index (χ4n) is 3.49. The van der Waals surface area contributed by atoms with Crippen LogP contribution in [0.5, 0.6) is 0 Å². The van der Waals surface area contributed by atoms with Gasteiger partial charge in [0.05, 0.1) is 0 Å². The summed E-state index contributed by atoms with van der Waals surface area (Å²) in [6.45, 7) is 19.6. The van der Waals surface area contributed by atoms with Gasteiger partial charge in [0.1, 0.15) is 0 Å². The topological polar surface area (TPSA) is 18.5 Å². The molecule has 0 amide bonds. The third kappa shape index (κ3) is 1.25. The van der Waals surface area contributed by atoms with Gasteiger partial charge >= 0.3 is 8.56 Å². The van der Waals surface area contributed by atoms with Gasteiger partial charge in [0.2, 0.25) is 0 Å². The first-order chi connectivity index (χ1) is 7.12. The Hall–Kier alpha value is 0.137. The molecule has 0 spiro atoms. The molecule has 1 aliphatic rings. The molecular weight excluding hydrogens is 216 g/mol. The van der Waals surface area contributed by atoms with Gasteiger partial charge in [-0.3, -0.25) is 0 Å². The molecule has 0 aliphatic carbocycles. The molecule has 1 aliphatic heterocycles. The maximum absolute atomic E-state index is 6.19. The average Bonchev–Trinajstić information content (AvgIpc) is 2.15. The van der Waals surface area contributed by atoms with Crippen LogP contribution in [0.1, 0.15) is 55.4 Å². The lowest BCUT2D eigenvalue weighted by molar-refractivity contribution is -0.0148. The molecule has 1 saturated heterocycles. The Kier molecular flexibility index (Phi) is 3.39. The highest BCUT2D eigenvalue weighted by Crippen LogP contribution is 2.80. The number of hydrogen-bond acceptors (Lipinski definition) is 2. The second kappa shape index (κ2) is 3.82. The monoisotopic (exact) mass is 244 g/mol. The molecule has 0 unspecified atom stereocenters. The lowest BCUT2D eigenvalue weighted by Crippen LogP contribution is -2.77. The van der Waals surface area contributed by atoms with Gasteiger partial charge in [0.15, 0.2) is 0 Å². The summed E-state index contributed by atoms with van der Waals surface area (Å²) in [4.78, 5) is 0. The Morgan fingerprint density at radius 3 is 1.31 bits per heavy atom. The van der Waals surface area contributed by atoms with E-state index in [0.717, 1.165) is 13.2 Å². The van der Waals surface area contributed by atoms with Crippen LogP contribution in [0.3, 0.4) is 0 Å². The van der Waals surface area contributed by atoms with Crippen LogP contribution in [0.2, 0.25) is 10.1 Å². The van der Waals surface area contributed by atoms with Gasteiger partial charge in [-0.15, -0.1) is 0 Å². The average molecular weight is 244 g/mol. The Morgan fingerprint density at radius 1 is 0.750 bits per heavy atom. The molecule has 0 saturated carbocycles. The molecule has 0 radical (unpaired) electrons. The lowest BCUT2D eigenvalue weighted by Gasteiger charge is -2.73. The highest BCUT2D eigenvalue weighted by Gasteiger charge is 2.81. The molecule has 1 fully saturated rings. The van der Waals surface area contributed by atoms with E-state index in [-0.39, 0.29) is 15.5 Å². The molecule has 96 valence electrons. The minimum absolute atomic E-state index is 0.162. The first-order valence-corrected chi connectivity index (χ1v) is 8.22. The second-order valence-electron chi connectivity index (χ2n) is 6.36. The van der Waals surface area contributed by atoms with Crippen molar-refractivity contribution in [2.45, 2.75) is 65.5 Å². The molecule has 1 heterocycles. The molecule has 3 heteroatoms. The molecule has 0 atom stereocenters. The molecular formula is C13H28O2Si. The SMILES string of the molecule is CCO[Si]1(OCC)C(C)(C)C(C)(C)C1(C)C. The quantitative estimate of drug-likeness (QED) is 0.693. The van der Waals surface area contributed by atoms with Gasteiger partial charge in [-0.25, -0.2) is 0 Å². The Bertz CT molecular complexity index is 243. The van der Waals surface area contributed by atoms with Crippen LogP contribution in [0.15, 0.2) is 0 Å². The standard InChI is InChI=1S/C13H28O2Si/c1-9-14-16(15-10-2)12(5,6)11(3,4)13(16,7)8/h9-10H2,1-8H3. The predicted molar refractivity (Wildman–Crippen MR) is 70.9 cm³/mol. The first-order valence-electron chi connectivity index (χ1n) is 6.40. The number of rotatable bonds is 4. The van der Waals surface area contributed by atoms with Crippen molar-refractivity contribution in [3.05, 3.63) is 0 Å². The van der Waals surface area contributed by atoms with Crippen molar-refractivity contribution < 1.29 is 8.85 Å². The van der Waals surface area contributed by atoms with Gasteiger partial charge in [-0.05, 0) is 19.3 Å². The van der Waals surface area contributed by atoms with Gasteiger partial charge in [-0.1, -0.05) is 41.5 Å². The zero-order valence-electron chi connectivity index (χ0n) is 12.2. The van der Waals surface area contributed by atoms with Crippen LogP contribution < -0.4 is 0 Å². The van der Waals surface area contributed by atoms with Crippen LogP contribution in [0.25, 0.3) is 0 Å². The van der Waals surface area contributed by atoms with E-state index in [1.165, 1.54) is 0 Å². The molecule has 1 rings (SSSR count). The highest BCUT2D eigenvalue weighted by atomic mass is 28.4. The van der Waals surface area contributed by atoms with E-state index in [2.05, 4.69) is 55.4 Å². The van der Waals surface area contributed by atoms with E-state index in [9.17, 15) is 0 Å². The molecule has 0 aromatic rings. The van der Waals surface area contributed by atoms with Gasteiger partial charge < -0.3 is 8.85 Å². The van der Waals surface area contributed by atoms with Crippen molar-refractivity contribution in [1.29, 1.82) is 0 Å². The summed E-state index contributed by atoms with van der Waals surface area (Å²) in [5.74, 6) is 0. The maximum Gasteiger partial charge on any atom is 0.350 e. The fourth-order valence-corrected chi connectivity index (χ4v) is 9.48. The maximum atomic E-state index is 6.19. The Balaban J connectivity index is 3.18. The van der Waals surface area contributed by atoms with Crippen LogP contribution in [-0.2, 0) is 8.85 Å². The van der Waals surface area contributed by atoms with Crippen LogP contribution >= 0.6 is 0 Å². The zero-order valence-corrected chi connectivity index (χ0v) is 13.2. The van der Waals surface area contributed by atoms with Crippen molar-refractivity contribution in [2.24, 2.45) is 5.41 Å². The smallest absolute Gasteiger partial charge is 0.350 e. The molecule has 0 bridgehead atoms. The summed E-state index contributed by atoms with van der Waals surface area (Å²) in [5.41, 5.74) is 0.260. The van der Waals surface area contributed by atoms with Gasteiger partial charge in [0, 0.05) is 23.3 Å². The van der Waals surface area contributed by atoms with Gasteiger partial charge in [0.25, 0.3) is 0 Å². The van der Waals surface area contributed by atoms with Crippen molar-refractivity contribution in [3.63, 3.8) is 0 Å². The van der Waals surface area contributed by atoms with E-state index in [0.29, 0.717) is 0 Å². The summed E-state index contributed by atoms with van der Waals surface area (Å²) in [5, 5.41) is 0.324. The molecule has 2 nitrogen and oxygen atoms in total. The molecule has 0 aromatic heterocycles. The summed E-state index contributed by atoms with van der Waals surface area (Å²) in [6.07, 6.45) is 0. The number of hydrogen-bond donors (Lipinski definition) is 0. The molecule has 0 N–H and O–H groups in total. The van der Waals surface area contributed by atoms with E-state index in [4.69, 9.17) is 8.85 Å². The zero-order chi connectivity index (χ0) is 12.8. The summed E-state index contributed by atoms with van der Waals surface area (Å²) in [6, 6.07) is 0. The highest BCUT2D eigenvalue weighted by molar-refractivity contribution is 6.77. The summed E-state index contributed by atoms with van der Waals surface area (Å²) < 4.78 is 12.4. The van der Waals surface area contributed by atoms with Crippen LogP contribution in [-0.4, -0.2) is 21.8 Å². The van der Waals surface area contributed by atoms with Crippen molar-refractivity contribution in [1.82, 2.24) is 0 Å². The summed E-state index contributed by atoms with van der Waals surface area (Å²) in [7, 11) is -2.13. The molecule has 16 heavy (non-hydrogen) atoms. The Labute approximate surface area is 102 Å². The third-order valence-corrected chi connectivity index (χ3v) is 11.4. The Morgan fingerprint density at radius 2 is 1.06 bits per heavy atom. The minimum atomic E-state index is -2.13. The molecule has 0 aromatic carbocycles. The van der Waals surface area contributed by atoms with E-state index in [1.54, 1.807) is 0 Å².